The summed E-state index contributed by atoms with van der Waals surface area (Å²) in [5.74, 6) is 0.897. The summed E-state index contributed by atoms with van der Waals surface area (Å²) in [7, 11) is 4.29. The van der Waals surface area contributed by atoms with E-state index in [2.05, 4.69) is 38.2 Å². The van der Waals surface area contributed by atoms with E-state index in [9.17, 15) is 0 Å². The first kappa shape index (κ1) is 15.9. The molecule has 0 aromatic carbocycles. The largest absolute Gasteiger partial charge is 0.316 e. The molecule has 1 N–H and O–H groups in total. The SMILES string of the molecule is CCCCC(CC)CNCCCCN(C)C. The topological polar surface area (TPSA) is 15.3 Å². The Labute approximate surface area is 103 Å². The highest BCUT2D eigenvalue weighted by Crippen LogP contribution is 2.11. The van der Waals surface area contributed by atoms with Crippen molar-refractivity contribution in [1.82, 2.24) is 10.2 Å². The van der Waals surface area contributed by atoms with Crippen molar-refractivity contribution in [3.8, 4) is 0 Å². The number of nitrogens with zero attached hydrogens (tertiary/aromatic N) is 1. The molecule has 1 atom stereocenters. The van der Waals surface area contributed by atoms with Gasteiger partial charge < -0.3 is 10.2 Å². The molecule has 0 spiro atoms. The molecule has 0 aliphatic carbocycles. The van der Waals surface area contributed by atoms with Gasteiger partial charge in [-0.05, 0) is 58.9 Å². The zero-order valence-electron chi connectivity index (χ0n) is 11.9. The van der Waals surface area contributed by atoms with E-state index in [1.807, 2.05) is 0 Å². The molecule has 0 heterocycles. The zero-order chi connectivity index (χ0) is 12.2. The van der Waals surface area contributed by atoms with Crippen molar-refractivity contribution in [1.29, 1.82) is 0 Å². The van der Waals surface area contributed by atoms with Gasteiger partial charge in [-0.1, -0.05) is 33.1 Å². The Bertz CT molecular complexity index is 135. The fraction of sp³-hybridized carbons (Fsp3) is 1.00. The molecular formula is C14H32N2. The van der Waals surface area contributed by atoms with Gasteiger partial charge in [-0.2, -0.15) is 0 Å². The summed E-state index contributed by atoms with van der Waals surface area (Å²) in [5.41, 5.74) is 0. The van der Waals surface area contributed by atoms with Crippen LogP contribution in [0.3, 0.4) is 0 Å². The minimum absolute atomic E-state index is 0.897. The van der Waals surface area contributed by atoms with E-state index in [0.29, 0.717) is 0 Å². The Morgan fingerprint density at radius 1 is 1.06 bits per heavy atom. The van der Waals surface area contributed by atoms with Crippen LogP contribution in [0.4, 0.5) is 0 Å². The van der Waals surface area contributed by atoms with E-state index >= 15 is 0 Å². The Kier molecular flexibility index (Phi) is 11.3. The summed E-state index contributed by atoms with van der Waals surface area (Å²) < 4.78 is 0. The third kappa shape index (κ3) is 10.4. The van der Waals surface area contributed by atoms with E-state index in [-0.39, 0.29) is 0 Å². The molecule has 2 nitrogen and oxygen atoms in total. The number of unbranched alkanes of at least 4 members (excludes halogenated alkanes) is 2. The second-order valence-corrected chi connectivity index (χ2v) is 5.13. The number of hydrogen-bond acceptors (Lipinski definition) is 2. The number of rotatable bonds is 11. The summed E-state index contributed by atoms with van der Waals surface area (Å²) >= 11 is 0. The predicted molar refractivity (Wildman–Crippen MR) is 74.0 cm³/mol. The van der Waals surface area contributed by atoms with Crippen molar-refractivity contribution in [2.45, 2.75) is 52.4 Å². The lowest BCUT2D eigenvalue weighted by atomic mass is 9.99. The third-order valence-corrected chi connectivity index (χ3v) is 3.19. The van der Waals surface area contributed by atoms with Gasteiger partial charge in [0.1, 0.15) is 0 Å². The van der Waals surface area contributed by atoms with Gasteiger partial charge in [-0.3, -0.25) is 0 Å². The van der Waals surface area contributed by atoms with Crippen LogP contribution in [0.15, 0.2) is 0 Å². The molecule has 0 aromatic rings. The van der Waals surface area contributed by atoms with Gasteiger partial charge in [0.25, 0.3) is 0 Å². The Morgan fingerprint density at radius 3 is 2.38 bits per heavy atom. The average Bonchev–Trinajstić information content (AvgIpc) is 2.26. The van der Waals surface area contributed by atoms with Gasteiger partial charge in [-0.25, -0.2) is 0 Å². The molecule has 16 heavy (non-hydrogen) atoms. The van der Waals surface area contributed by atoms with Crippen molar-refractivity contribution >= 4 is 0 Å². The second-order valence-electron chi connectivity index (χ2n) is 5.13. The van der Waals surface area contributed by atoms with Crippen molar-refractivity contribution in [2.24, 2.45) is 5.92 Å². The molecule has 0 amide bonds. The first-order valence-electron chi connectivity index (χ1n) is 7.06. The molecular weight excluding hydrogens is 196 g/mol. The van der Waals surface area contributed by atoms with Gasteiger partial charge in [-0.15, -0.1) is 0 Å². The molecule has 0 fully saturated rings. The number of hydrogen-bond donors (Lipinski definition) is 1. The Hall–Kier alpha value is -0.0800. The summed E-state index contributed by atoms with van der Waals surface area (Å²) in [5, 5.41) is 3.60. The molecule has 0 aromatic heterocycles. The summed E-state index contributed by atoms with van der Waals surface area (Å²) in [6.07, 6.45) is 8.07. The highest BCUT2D eigenvalue weighted by molar-refractivity contribution is 4.61. The van der Waals surface area contributed by atoms with Crippen LogP contribution >= 0.6 is 0 Å². The quantitative estimate of drug-likeness (QED) is 0.547. The fourth-order valence-electron chi connectivity index (χ4n) is 1.93. The maximum atomic E-state index is 3.60. The molecule has 2 heteroatoms. The summed E-state index contributed by atoms with van der Waals surface area (Å²) in [4.78, 5) is 2.26. The molecule has 1 unspecified atom stereocenters. The Morgan fingerprint density at radius 2 is 1.81 bits per heavy atom. The summed E-state index contributed by atoms with van der Waals surface area (Å²) in [6.45, 7) is 8.22. The zero-order valence-corrected chi connectivity index (χ0v) is 11.9. The van der Waals surface area contributed by atoms with Gasteiger partial charge in [0.15, 0.2) is 0 Å². The first-order valence-corrected chi connectivity index (χ1v) is 7.06. The molecule has 0 aliphatic rings. The van der Waals surface area contributed by atoms with Crippen LogP contribution < -0.4 is 5.32 Å². The van der Waals surface area contributed by atoms with Gasteiger partial charge in [0.2, 0.25) is 0 Å². The molecule has 0 radical (unpaired) electrons. The number of nitrogens with one attached hydrogen (secondary N) is 1. The van der Waals surface area contributed by atoms with Gasteiger partial charge in [0, 0.05) is 0 Å². The van der Waals surface area contributed by atoms with E-state index in [1.54, 1.807) is 0 Å². The lowest BCUT2D eigenvalue weighted by Crippen LogP contribution is -2.24. The maximum Gasteiger partial charge on any atom is -0.00206 e. The first-order chi connectivity index (χ1) is 7.70. The van der Waals surface area contributed by atoms with Crippen LogP contribution in [-0.2, 0) is 0 Å². The van der Waals surface area contributed by atoms with E-state index in [1.165, 1.54) is 58.2 Å². The smallest absolute Gasteiger partial charge is 0.00206 e. The third-order valence-electron chi connectivity index (χ3n) is 3.19. The van der Waals surface area contributed by atoms with Crippen molar-refractivity contribution < 1.29 is 0 Å². The molecule has 0 aliphatic heterocycles. The molecule has 0 bridgehead atoms. The van der Waals surface area contributed by atoms with Crippen LogP contribution in [-0.4, -0.2) is 38.6 Å². The second kappa shape index (κ2) is 11.4. The molecule has 0 saturated carbocycles. The van der Waals surface area contributed by atoms with Crippen molar-refractivity contribution in [3.63, 3.8) is 0 Å². The lowest BCUT2D eigenvalue weighted by molar-refractivity contribution is 0.382. The van der Waals surface area contributed by atoms with Gasteiger partial charge >= 0.3 is 0 Å². The van der Waals surface area contributed by atoms with Crippen molar-refractivity contribution in [2.75, 3.05) is 33.7 Å². The van der Waals surface area contributed by atoms with Crippen LogP contribution in [0.5, 0.6) is 0 Å². The predicted octanol–water partition coefficient (Wildman–Crippen LogP) is 3.13. The highest BCUT2D eigenvalue weighted by Gasteiger charge is 2.04. The van der Waals surface area contributed by atoms with Crippen LogP contribution in [0.25, 0.3) is 0 Å². The minimum atomic E-state index is 0.897. The van der Waals surface area contributed by atoms with Crippen LogP contribution in [0, 0.1) is 5.92 Å². The van der Waals surface area contributed by atoms with Crippen molar-refractivity contribution in [3.05, 3.63) is 0 Å². The molecule has 0 saturated heterocycles. The van der Waals surface area contributed by atoms with E-state index < -0.39 is 0 Å². The monoisotopic (exact) mass is 228 g/mol. The fourth-order valence-corrected chi connectivity index (χ4v) is 1.93. The normalized spacial score (nSPS) is 13.3. The minimum Gasteiger partial charge on any atom is -0.316 e. The highest BCUT2D eigenvalue weighted by atomic mass is 15.0. The standard InChI is InChI=1S/C14H32N2/c1-5-7-10-14(6-2)13-15-11-8-9-12-16(3)4/h14-15H,5-13H2,1-4H3. The average molecular weight is 228 g/mol. The lowest BCUT2D eigenvalue weighted by Gasteiger charge is -2.15. The van der Waals surface area contributed by atoms with Gasteiger partial charge in [0.05, 0.1) is 0 Å². The van der Waals surface area contributed by atoms with Crippen LogP contribution in [0.2, 0.25) is 0 Å². The van der Waals surface area contributed by atoms with Crippen LogP contribution in [0.1, 0.15) is 52.4 Å². The van der Waals surface area contributed by atoms with E-state index in [4.69, 9.17) is 0 Å². The Balaban J connectivity index is 3.27. The molecule has 98 valence electrons. The molecule has 0 rings (SSSR count). The summed E-state index contributed by atoms with van der Waals surface area (Å²) in [6, 6.07) is 0. The maximum absolute atomic E-state index is 3.60. The van der Waals surface area contributed by atoms with E-state index in [0.717, 1.165) is 5.92 Å².